The van der Waals surface area contributed by atoms with Crippen LogP contribution in [0.1, 0.15) is 70.9 Å². The van der Waals surface area contributed by atoms with Crippen LogP contribution in [0.3, 0.4) is 0 Å². The van der Waals surface area contributed by atoms with E-state index in [1.165, 1.54) is 18.7 Å². The number of amides is 8. The van der Waals surface area contributed by atoms with E-state index in [1.54, 1.807) is 60.7 Å². The van der Waals surface area contributed by atoms with Crippen LogP contribution in [0.15, 0.2) is 60.7 Å². The Hall–Kier alpha value is -6.74. The van der Waals surface area contributed by atoms with Crippen molar-refractivity contribution in [2.45, 2.75) is 121 Å². The van der Waals surface area contributed by atoms with Crippen molar-refractivity contribution in [3.05, 3.63) is 71.8 Å². The Balaban J connectivity index is 1.66. The molecule has 2 aromatic carbocycles. The minimum atomic E-state index is -1.48. The number of aliphatic hydroxyl groups is 1. The van der Waals surface area contributed by atoms with Crippen molar-refractivity contribution in [1.29, 1.82) is 0 Å². The van der Waals surface area contributed by atoms with Crippen molar-refractivity contribution in [3.63, 3.8) is 0 Å². The number of nitrogens with two attached hydrogens (primary N) is 1. The van der Waals surface area contributed by atoms with Crippen LogP contribution in [0.4, 0.5) is 0 Å². The molecule has 0 bridgehead atoms. The van der Waals surface area contributed by atoms with Gasteiger partial charge in [0, 0.05) is 25.8 Å². The molecular formula is C45H63N9O12. The molecule has 66 heavy (non-hydrogen) atoms. The normalized spacial score (nSPS) is 16.5. The largest absolute Gasteiger partial charge is 0.481 e. The first-order chi connectivity index (χ1) is 31.3. The molecule has 8 amide bonds. The van der Waals surface area contributed by atoms with Crippen LogP contribution in [0.25, 0.3) is 0 Å². The lowest BCUT2D eigenvalue weighted by Gasteiger charge is -2.27. The predicted molar refractivity (Wildman–Crippen MR) is 238 cm³/mol. The number of carbonyl (C=O) groups is 10. The number of aliphatic carboxylic acids is 1. The summed E-state index contributed by atoms with van der Waals surface area (Å²) in [5, 5.41) is 36.2. The Morgan fingerprint density at radius 2 is 1.24 bits per heavy atom. The molecular weight excluding hydrogens is 859 g/mol. The van der Waals surface area contributed by atoms with Crippen LogP contribution < -0.4 is 43.0 Å². The predicted octanol–water partition coefficient (Wildman–Crippen LogP) is -2.04. The summed E-state index contributed by atoms with van der Waals surface area (Å²) in [6.45, 7) is 5.32. The Kier molecular flexibility index (Phi) is 21.8. The number of hydrogen-bond acceptors (Lipinski definition) is 12. The number of aldehydes is 1. The highest BCUT2D eigenvalue weighted by Crippen LogP contribution is 2.19. The number of aliphatic hydroxyl groups excluding tert-OH is 1. The number of carbonyl (C=O) groups excluding carboxylic acids is 9. The highest BCUT2D eigenvalue weighted by atomic mass is 16.4. The number of hydrogen-bond donors (Lipinski definition) is 10. The van der Waals surface area contributed by atoms with Crippen LogP contribution in [-0.4, -0.2) is 143 Å². The van der Waals surface area contributed by atoms with Gasteiger partial charge in [0.2, 0.25) is 47.3 Å². The first-order valence-corrected chi connectivity index (χ1v) is 21.8. The van der Waals surface area contributed by atoms with E-state index in [2.05, 4.69) is 37.2 Å². The average molecular weight is 922 g/mol. The smallest absolute Gasteiger partial charge is 0.303 e. The Bertz CT molecular complexity index is 2000. The standard InChI is InChI=1S/C45H63N9O12/c1-26(2)20-31(24-55)50-42(63)35(22-30-14-9-6-10-15-30)53-43(64)34(21-29-12-7-5-8-13-29)51-37(57)23-47-39(60)27(3)48-41(62)33(17-18-38(58)59)52-40(61)28(4)49-44(65)36-16-11-19-54(36)45(66)32(46)25-56/h5-10,12-15,24,26-28,31-36,56H,11,16-23,25,46H2,1-4H3,(H,47,60)(H,48,62)(H,49,65)(H,50,63)(H,51,57)(H,52,61)(H,53,64)(H,58,59)/t27-,28-,31-,32-,33-,34-,35-,36-/m0/s1. The summed E-state index contributed by atoms with van der Waals surface area (Å²) in [5.41, 5.74) is 7.03. The number of carboxylic acids is 1. The van der Waals surface area contributed by atoms with Crippen LogP contribution in [-0.2, 0) is 60.8 Å². The molecule has 21 nitrogen and oxygen atoms in total. The third-order valence-electron chi connectivity index (χ3n) is 10.6. The third-order valence-corrected chi connectivity index (χ3v) is 10.6. The molecule has 11 N–H and O–H groups in total. The molecule has 3 rings (SSSR count). The number of benzene rings is 2. The third kappa shape index (κ3) is 17.7. The molecule has 0 saturated carbocycles. The van der Waals surface area contributed by atoms with Crippen LogP contribution in [0.2, 0.25) is 0 Å². The molecule has 0 aromatic heterocycles. The van der Waals surface area contributed by atoms with Gasteiger partial charge in [-0.15, -0.1) is 0 Å². The summed E-state index contributed by atoms with van der Waals surface area (Å²) in [6, 6.07) is 8.18. The summed E-state index contributed by atoms with van der Waals surface area (Å²) in [5.74, 6) is -7.30. The Morgan fingerprint density at radius 1 is 0.712 bits per heavy atom. The number of likely N-dealkylation sites (tertiary alicyclic amines) is 1. The lowest BCUT2D eigenvalue weighted by atomic mass is 10.0. The van der Waals surface area contributed by atoms with E-state index in [0.29, 0.717) is 24.7 Å². The molecule has 2 aromatic rings. The molecule has 1 aliphatic heterocycles. The number of nitrogens with zero attached hydrogens (tertiary/aromatic N) is 1. The van der Waals surface area contributed by atoms with Gasteiger partial charge in [0.05, 0.1) is 19.2 Å². The van der Waals surface area contributed by atoms with E-state index in [0.717, 1.165) is 5.56 Å². The van der Waals surface area contributed by atoms with E-state index in [4.69, 9.17) is 5.73 Å². The molecule has 0 aliphatic carbocycles. The van der Waals surface area contributed by atoms with E-state index >= 15 is 0 Å². The van der Waals surface area contributed by atoms with Gasteiger partial charge in [-0.1, -0.05) is 74.5 Å². The zero-order chi connectivity index (χ0) is 48.9. The van der Waals surface area contributed by atoms with Crippen molar-refractivity contribution in [1.82, 2.24) is 42.1 Å². The van der Waals surface area contributed by atoms with Gasteiger partial charge in [0.15, 0.2) is 0 Å². The van der Waals surface area contributed by atoms with Crippen molar-refractivity contribution < 1.29 is 58.2 Å². The summed E-state index contributed by atoms with van der Waals surface area (Å²) in [4.78, 5) is 130. The minimum absolute atomic E-state index is 0.00735. The quantitative estimate of drug-likeness (QED) is 0.0456. The molecule has 21 heteroatoms. The second kappa shape index (κ2) is 26.9. The summed E-state index contributed by atoms with van der Waals surface area (Å²) < 4.78 is 0. The first kappa shape index (κ1) is 53.6. The van der Waals surface area contributed by atoms with E-state index in [1.807, 2.05) is 13.8 Å². The zero-order valence-electron chi connectivity index (χ0n) is 37.6. The Labute approximate surface area is 383 Å². The average Bonchev–Trinajstić information content (AvgIpc) is 3.79. The van der Waals surface area contributed by atoms with Crippen molar-refractivity contribution in [3.8, 4) is 0 Å². The molecule has 1 saturated heterocycles. The van der Waals surface area contributed by atoms with Crippen molar-refractivity contribution >= 4 is 59.5 Å². The summed E-state index contributed by atoms with van der Waals surface area (Å²) in [7, 11) is 0. The maximum absolute atomic E-state index is 13.9. The fourth-order valence-corrected chi connectivity index (χ4v) is 7.08. The van der Waals surface area contributed by atoms with E-state index < -0.39 is 128 Å². The van der Waals surface area contributed by atoms with E-state index in [-0.39, 0.29) is 31.7 Å². The maximum Gasteiger partial charge on any atom is 0.303 e. The van der Waals surface area contributed by atoms with Crippen LogP contribution in [0.5, 0.6) is 0 Å². The summed E-state index contributed by atoms with van der Waals surface area (Å²) >= 11 is 0. The number of rotatable bonds is 26. The number of nitrogens with one attached hydrogen (secondary N) is 7. The van der Waals surface area contributed by atoms with Gasteiger partial charge in [-0.05, 0) is 56.6 Å². The van der Waals surface area contributed by atoms with Gasteiger partial charge >= 0.3 is 5.97 Å². The molecule has 1 aliphatic rings. The molecule has 1 fully saturated rings. The molecule has 0 radical (unpaired) electrons. The van der Waals surface area contributed by atoms with Gasteiger partial charge in [-0.2, -0.15) is 0 Å². The molecule has 360 valence electrons. The van der Waals surface area contributed by atoms with Gasteiger partial charge in [0.1, 0.15) is 48.6 Å². The van der Waals surface area contributed by atoms with Crippen LogP contribution in [0, 0.1) is 5.92 Å². The monoisotopic (exact) mass is 921 g/mol. The molecule has 0 unspecified atom stereocenters. The minimum Gasteiger partial charge on any atom is -0.481 e. The molecule has 1 heterocycles. The van der Waals surface area contributed by atoms with E-state index in [9.17, 15) is 58.2 Å². The zero-order valence-corrected chi connectivity index (χ0v) is 37.6. The second-order valence-electron chi connectivity index (χ2n) is 16.6. The van der Waals surface area contributed by atoms with Gasteiger partial charge < -0.3 is 62.9 Å². The molecule has 0 spiro atoms. The van der Waals surface area contributed by atoms with Crippen LogP contribution >= 0.6 is 0 Å². The van der Waals surface area contributed by atoms with Gasteiger partial charge in [-0.25, -0.2) is 0 Å². The topological polar surface area (TPSA) is 325 Å². The lowest BCUT2D eigenvalue weighted by Crippen LogP contribution is -2.58. The van der Waals surface area contributed by atoms with Crippen molar-refractivity contribution in [2.75, 3.05) is 19.7 Å². The fraction of sp³-hybridized carbons (Fsp3) is 0.511. The highest BCUT2D eigenvalue weighted by molar-refractivity contribution is 5.97. The Morgan fingerprint density at radius 3 is 1.79 bits per heavy atom. The number of carboxylic acid groups (broad SMARTS) is 1. The summed E-state index contributed by atoms with van der Waals surface area (Å²) in [6.07, 6.45) is 0.863. The fourth-order valence-electron chi connectivity index (χ4n) is 7.08. The second-order valence-corrected chi connectivity index (χ2v) is 16.6. The molecule has 8 atom stereocenters. The lowest BCUT2D eigenvalue weighted by molar-refractivity contribution is -0.141. The SMILES string of the molecule is CC(C)C[C@@H](C=O)NC(=O)[C@H](Cc1ccccc1)NC(=O)[C@H](Cc1ccccc1)NC(=O)CNC(=O)[C@H](C)NC(=O)[C@H](CCC(=O)O)NC(=O)[C@H](C)NC(=O)[C@@H]1CCCN1C(=O)[C@@H](N)CO. The van der Waals surface area contributed by atoms with Crippen molar-refractivity contribution in [2.24, 2.45) is 11.7 Å². The maximum atomic E-state index is 13.9. The van der Waals surface area contributed by atoms with Gasteiger partial charge in [0.25, 0.3) is 0 Å². The highest BCUT2D eigenvalue weighted by Gasteiger charge is 2.37. The first-order valence-electron chi connectivity index (χ1n) is 21.8. The van der Waals surface area contributed by atoms with Gasteiger partial charge in [-0.3, -0.25) is 43.2 Å².